The van der Waals surface area contributed by atoms with E-state index in [2.05, 4.69) is 544 Å². The van der Waals surface area contributed by atoms with Crippen molar-refractivity contribution in [3.05, 3.63) is 509 Å². The molecule has 0 amide bonds. The fraction of sp³-hybridized carbons (Fsp3) is 0.00730. The normalized spacial score (nSPS) is 12.1. The van der Waals surface area contributed by atoms with E-state index >= 15 is 0 Å². The lowest BCUT2D eigenvalue weighted by Gasteiger charge is -2.15. The van der Waals surface area contributed by atoms with E-state index in [0.29, 0.717) is 0 Å². The topological polar surface area (TPSA) is 29.6 Å². The van der Waals surface area contributed by atoms with Crippen LogP contribution in [0.15, 0.2) is 498 Å². The number of rotatable bonds is 15. The summed E-state index contributed by atoms with van der Waals surface area (Å²) < 4.78 is 14.7. The lowest BCUT2D eigenvalue weighted by Crippen LogP contribution is -1.98. The molecule has 0 fully saturated rings. The molecule has 0 aliphatic rings. The molecule has 6 heteroatoms. The Labute approximate surface area is 824 Å². The van der Waals surface area contributed by atoms with Crippen molar-refractivity contribution in [2.45, 2.75) is 6.92 Å². The molecule has 0 bridgehead atoms. The van der Waals surface area contributed by atoms with Crippen LogP contribution in [0.3, 0.4) is 0 Å². The predicted molar refractivity (Wildman–Crippen MR) is 608 cm³/mol. The van der Waals surface area contributed by atoms with Gasteiger partial charge in [0.05, 0.1) is 66.4 Å². The highest BCUT2D eigenvalue weighted by atomic mass is 15.0. The molecule has 0 aliphatic heterocycles. The minimum Gasteiger partial charge on any atom is -0.309 e. The molecule has 0 spiro atoms. The molecular formula is C137H88N6. The van der Waals surface area contributed by atoms with Crippen LogP contribution in [0.1, 0.15) is 18.2 Å². The molecular weight excluding hydrogens is 1730 g/mol. The summed E-state index contributed by atoms with van der Waals surface area (Å²) in [6.07, 6.45) is 6.46. The quantitative estimate of drug-likeness (QED) is 0.0979. The zero-order valence-corrected chi connectivity index (χ0v) is 78.3. The van der Waals surface area contributed by atoms with Gasteiger partial charge in [-0.1, -0.05) is 334 Å². The number of benzene rings is 23. The molecule has 0 aliphatic carbocycles. The van der Waals surface area contributed by atoms with Crippen molar-refractivity contribution >= 4 is 175 Å². The molecule has 0 atom stereocenters. The number of hydrogen-bond acceptors (Lipinski definition) is 0. The first-order valence-electron chi connectivity index (χ1n) is 49.4. The standard InChI is InChI=1S/C137H88N6/c1-3-28-126-104(4-2)125-84-102(142-128-70-59-94(108-47-23-32-86-29-14-17-43-105(86)108)78-119(128)117-65-55-91(82-135(117)142)89-57-68-130-121(76-89)123-80-95(109-48-24-33-87-30-15-18-44-106(87)109)60-72-132(123)138(130)98-36-8-5-9-37-98)64-74-134(125)141(126)101-42-22-35-93(75-101)111-50-26-53-114-112(51-27-52-113(111)114)97-62-71-129-120(79-97)118-66-56-92(83-136(118)143(129)103-63-67-116-115-46-20-21-54-127(115)140(137(116)85-103)100-40-12-7-13-41-100)90-58-69-131-122(77-90)124-81-96(110-49-25-34-88-31-16-19-45-107(88)110)61-73-133(124)139(131)99-38-10-6-11-39-99/h3-85H,2H2,1H3/b28-3-. The second kappa shape index (κ2) is 32.4. The summed E-state index contributed by atoms with van der Waals surface area (Å²) >= 11 is 0. The largest absolute Gasteiger partial charge is 0.309 e. The molecule has 29 aromatic rings. The van der Waals surface area contributed by atoms with Gasteiger partial charge in [0.2, 0.25) is 0 Å². The summed E-state index contributed by atoms with van der Waals surface area (Å²) in [6.45, 7) is 6.74. The highest BCUT2D eigenvalue weighted by Crippen LogP contribution is 2.49. The molecule has 0 saturated heterocycles. The van der Waals surface area contributed by atoms with Crippen LogP contribution in [0.2, 0.25) is 0 Å². The maximum absolute atomic E-state index is 4.62. The molecule has 0 unspecified atom stereocenters. The van der Waals surface area contributed by atoms with Gasteiger partial charge in [0, 0.05) is 98.9 Å². The number of nitrogens with zero attached hydrogens (tertiary/aromatic N) is 6. The second-order valence-corrected chi connectivity index (χ2v) is 38.1. The SMILES string of the molecule is C=Cc1c(/C=C\C)n(-c2cccc(-c3cccc4c(-c5ccc6c(c5)c5ccc(-c7ccc8c(c7)c7cc(-c9cccc%10ccccc9%10)ccc7n8-c7ccccc7)cc5n6-c5ccc6c7ccccc7n(-c7ccccc7)c6c5)cccc34)c2)c2ccc(-n3c4ccc(-c5cccc6ccccc56)cc4c4ccc(-c5ccc6c(c5)c5cc(-c7cccc8ccccc78)ccc5n6-c5ccccc5)cc43)cc12. The number of hydrogen-bond donors (Lipinski definition) is 0. The third kappa shape index (κ3) is 12.8. The first-order valence-corrected chi connectivity index (χ1v) is 49.4. The number of aromatic nitrogens is 6. The van der Waals surface area contributed by atoms with Gasteiger partial charge in [-0.2, -0.15) is 0 Å². The molecule has 6 aromatic heterocycles. The summed E-state index contributed by atoms with van der Waals surface area (Å²) in [4.78, 5) is 0. The Balaban J connectivity index is 0.560. The molecule has 6 nitrogen and oxygen atoms in total. The van der Waals surface area contributed by atoms with E-state index in [1.165, 1.54) is 152 Å². The highest BCUT2D eigenvalue weighted by Gasteiger charge is 2.27. The van der Waals surface area contributed by atoms with E-state index in [1.807, 2.05) is 0 Å². The van der Waals surface area contributed by atoms with Gasteiger partial charge in [0.15, 0.2) is 0 Å². The molecule has 0 radical (unpaired) electrons. The molecule has 6 heterocycles. The van der Waals surface area contributed by atoms with E-state index in [9.17, 15) is 0 Å². The van der Waals surface area contributed by atoms with Crippen molar-refractivity contribution in [2.75, 3.05) is 0 Å². The fourth-order valence-electron chi connectivity index (χ4n) is 24.0. The Morgan fingerprint density at radius 1 is 0.161 bits per heavy atom. The van der Waals surface area contributed by atoms with Gasteiger partial charge in [0.25, 0.3) is 0 Å². The van der Waals surface area contributed by atoms with E-state index in [1.54, 1.807) is 0 Å². The molecule has 23 aromatic carbocycles. The number of allylic oxidation sites excluding steroid dienone is 1. The Morgan fingerprint density at radius 3 is 0.874 bits per heavy atom. The van der Waals surface area contributed by atoms with Crippen molar-refractivity contribution < 1.29 is 0 Å². The third-order valence-corrected chi connectivity index (χ3v) is 30.5. The lowest BCUT2D eigenvalue weighted by atomic mass is 9.92. The van der Waals surface area contributed by atoms with Gasteiger partial charge in [-0.3, -0.25) is 0 Å². The summed E-state index contributed by atoms with van der Waals surface area (Å²) in [6, 6.07) is 181. The van der Waals surface area contributed by atoms with Gasteiger partial charge in [-0.15, -0.1) is 0 Å². The molecule has 143 heavy (non-hydrogen) atoms. The van der Waals surface area contributed by atoms with Crippen molar-refractivity contribution in [3.8, 4) is 112 Å². The van der Waals surface area contributed by atoms with Gasteiger partial charge >= 0.3 is 0 Å². The van der Waals surface area contributed by atoms with Gasteiger partial charge in [-0.25, -0.2) is 0 Å². The zero-order chi connectivity index (χ0) is 94.2. The molecule has 0 N–H and O–H groups in total. The summed E-state index contributed by atoms with van der Waals surface area (Å²) in [5.41, 5.74) is 37.6. The van der Waals surface area contributed by atoms with Crippen LogP contribution in [0.5, 0.6) is 0 Å². The van der Waals surface area contributed by atoms with Crippen molar-refractivity contribution in [1.82, 2.24) is 27.4 Å². The maximum Gasteiger partial charge on any atom is 0.0561 e. The predicted octanol–water partition coefficient (Wildman–Crippen LogP) is 37.1. The van der Waals surface area contributed by atoms with Crippen LogP contribution in [0.25, 0.3) is 287 Å². The summed E-state index contributed by atoms with van der Waals surface area (Å²) in [5.74, 6) is 0. The minimum absolute atomic E-state index is 1.05. The van der Waals surface area contributed by atoms with Crippen LogP contribution < -0.4 is 0 Å². The van der Waals surface area contributed by atoms with Gasteiger partial charge in [0.1, 0.15) is 0 Å². The van der Waals surface area contributed by atoms with Crippen molar-refractivity contribution in [1.29, 1.82) is 0 Å². The number of para-hydroxylation sites is 4. The zero-order valence-electron chi connectivity index (χ0n) is 78.3. The first kappa shape index (κ1) is 81.3. The van der Waals surface area contributed by atoms with Crippen molar-refractivity contribution in [3.63, 3.8) is 0 Å². The molecule has 29 rings (SSSR count). The molecule has 666 valence electrons. The highest BCUT2D eigenvalue weighted by molar-refractivity contribution is 6.20. The first-order chi connectivity index (χ1) is 70.8. The average molecular weight is 1820 g/mol. The Kier molecular flexibility index (Phi) is 18.4. The van der Waals surface area contributed by atoms with Crippen LogP contribution in [0.4, 0.5) is 0 Å². The van der Waals surface area contributed by atoms with Crippen LogP contribution in [-0.2, 0) is 0 Å². The van der Waals surface area contributed by atoms with E-state index in [0.717, 1.165) is 134 Å². The van der Waals surface area contributed by atoms with Crippen LogP contribution >= 0.6 is 0 Å². The average Bonchev–Trinajstić information content (AvgIpc) is 1.58. The van der Waals surface area contributed by atoms with Crippen molar-refractivity contribution in [2.24, 2.45) is 0 Å². The van der Waals surface area contributed by atoms with E-state index in [-0.39, 0.29) is 0 Å². The second-order valence-electron chi connectivity index (χ2n) is 38.1. The van der Waals surface area contributed by atoms with Crippen LogP contribution in [-0.4, -0.2) is 27.4 Å². The maximum atomic E-state index is 4.62. The minimum atomic E-state index is 1.05. The van der Waals surface area contributed by atoms with Crippen LogP contribution in [0, 0.1) is 0 Å². The van der Waals surface area contributed by atoms with Gasteiger partial charge in [-0.05, 0) is 304 Å². The summed E-state index contributed by atoms with van der Waals surface area (Å²) in [5, 5.41) is 22.8. The third-order valence-electron chi connectivity index (χ3n) is 30.5. The lowest BCUT2D eigenvalue weighted by molar-refractivity contribution is 1.10. The molecule has 0 saturated carbocycles. The fourth-order valence-corrected chi connectivity index (χ4v) is 24.0. The Morgan fingerprint density at radius 2 is 0.427 bits per heavy atom. The van der Waals surface area contributed by atoms with Gasteiger partial charge < -0.3 is 27.4 Å². The van der Waals surface area contributed by atoms with E-state index in [4.69, 9.17) is 0 Å². The monoisotopic (exact) mass is 1820 g/mol. The van der Waals surface area contributed by atoms with E-state index < -0.39 is 0 Å². The Bertz CT molecular complexity index is 10400. The Hall–Kier alpha value is -18.9. The smallest absolute Gasteiger partial charge is 0.0561 e. The number of fused-ring (bicyclic) bond motifs is 20. The summed E-state index contributed by atoms with van der Waals surface area (Å²) in [7, 11) is 0.